The first-order valence-corrected chi connectivity index (χ1v) is 5.22. The van der Waals surface area contributed by atoms with Gasteiger partial charge in [0.25, 0.3) is 0 Å². The van der Waals surface area contributed by atoms with Crippen molar-refractivity contribution >= 4 is 5.69 Å². The third-order valence-electron chi connectivity index (χ3n) is 2.34. The molecule has 15 heavy (non-hydrogen) atoms. The highest BCUT2D eigenvalue weighted by Gasteiger charge is 2.04. The topological polar surface area (TPSA) is 41.5 Å². The fourth-order valence-corrected chi connectivity index (χ4v) is 1.43. The average Bonchev–Trinajstić information content (AvgIpc) is 2.27. The molecule has 0 saturated carbocycles. The van der Waals surface area contributed by atoms with Crippen molar-refractivity contribution in [2.24, 2.45) is 0 Å². The Labute approximate surface area is 91.1 Å². The van der Waals surface area contributed by atoms with E-state index in [-0.39, 0.29) is 6.61 Å². The Bertz CT molecular complexity index is 289. The van der Waals surface area contributed by atoms with Crippen LogP contribution >= 0.6 is 0 Å². The molecular weight excluding hydrogens is 190 g/mol. The zero-order valence-electron chi connectivity index (χ0n) is 9.36. The van der Waals surface area contributed by atoms with Gasteiger partial charge >= 0.3 is 0 Å². The minimum absolute atomic E-state index is 0.0696. The number of methoxy groups -OCH3 is 1. The van der Waals surface area contributed by atoms with Gasteiger partial charge in [-0.15, -0.1) is 0 Å². The number of hydrogen-bond donors (Lipinski definition) is 2. The third-order valence-corrected chi connectivity index (χ3v) is 2.34. The Morgan fingerprint density at radius 3 is 2.80 bits per heavy atom. The maximum atomic E-state index is 9.14. The Kier molecular flexibility index (Phi) is 5.15. The van der Waals surface area contributed by atoms with Gasteiger partial charge in [0.15, 0.2) is 0 Å². The molecule has 1 unspecified atom stereocenters. The monoisotopic (exact) mass is 209 g/mol. The summed E-state index contributed by atoms with van der Waals surface area (Å²) in [6.45, 7) is 2.92. The molecule has 1 rings (SSSR count). The van der Waals surface area contributed by atoms with E-state index in [0.717, 1.165) is 24.3 Å². The van der Waals surface area contributed by atoms with Crippen molar-refractivity contribution in [3.63, 3.8) is 0 Å². The highest BCUT2D eigenvalue weighted by atomic mass is 16.5. The van der Waals surface area contributed by atoms with Crippen molar-refractivity contribution in [3.05, 3.63) is 29.8 Å². The molecule has 0 aliphatic carbocycles. The van der Waals surface area contributed by atoms with E-state index in [1.165, 1.54) is 0 Å². The Morgan fingerprint density at radius 2 is 2.13 bits per heavy atom. The van der Waals surface area contributed by atoms with Crippen molar-refractivity contribution in [2.75, 3.05) is 19.0 Å². The molecule has 1 aromatic rings. The summed E-state index contributed by atoms with van der Waals surface area (Å²) in [7, 11) is 1.70. The van der Waals surface area contributed by atoms with Crippen LogP contribution in [0.25, 0.3) is 0 Å². The zero-order chi connectivity index (χ0) is 11.1. The molecule has 0 aliphatic heterocycles. The summed E-state index contributed by atoms with van der Waals surface area (Å²) in [6, 6.07) is 8.14. The molecule has 1 aromatic carbocycles. The lowest BCUT2D eigenvalue weighted by Crippen LogP contribution is -2.18. The van der Waals surface area contributed by atoms with Crippen molar-refractivity contribution in [1.29, 1.82) is 0 Å². The highest BCUT2D eigenvalue weighted by Crippen LogP contribution is 2.16. The lowest BCUT2D eigenvalue weighted by Gasteiger charge is -2.16. The first kappa shape index (κ1) is 12.0. The second-order valence-electron chi connectivity index (χ2n) is 3.64. The molecule has 0 amide bonds. The van der Waals surface area contributed by atoms with E-state index >= 15 is 0 Å². The molecule has 0 heterocycles. The number of para-hydroxylation sites is 1. The molecule has 1 atom stereocenters. The molecule has 0 bridgehead atoms. The molecule has 0 spiro atoms. The first-order chi connectivity index (χ1) is 7.27. The summed E-state index contributed by atoms with van der Waals surface area (Å²) < 4.78 is 5.02. The Balaban J connectivity index is 2.55. The van der Waals surface area contributed by atoms with E-state index < -0.39 is 0 Å². The van der Waals surface area contributed by atoms with Crippen LogP contribution in [0, 0.1) is 0 Å². The summed E-state index contributed by atoms with van der Waals surface area (Å²) in [4.78, 5) is 0. The smallest absolute Gasteiger partial charge is 0.0701 e. The molecule has 0 radical (unpaired) electrons. The van der Waals surface area contributed by atoms with Crippen LogP contribution in [0.4, 0.5) is 5.69 Å². The second kappa shape index (κ2) is 6.43. The van der Waals surface area contributed by atoms with Gasteiger partial charge in [0.05, 0.1) is 6.61 Å². The number of aliphatic hydroxyl groups is 1. The quantitative estimate of drug-likeness (QED) is 0.753. The number of anilines is 1. The van der Waals surface area contributed by atoms with Gasteiger partial charge in [-0.1, -0.05) is 18.2 Å². The largest absolute Gasteiger partial charge is 0.392 e. The molecule has 0 saturated heterocycles. The van der Waals surface area contributed by atoms with Crippen molar-refractivity contribution in [2.45, 2.75) is 26.0 Å². The number of nitrogens with one attached hydrogen (secondary N) is 1. The normalized spacial score (nSPS) is 12.5. The van der Waals surface area contributed by atoms with Gasteiger partial charge in [0, 0.05) is 31.0 Å². The number of rotatable bonds is 6. The molecule has 2 N–H and O–H groups in total. The number of aliphatic hydroxyl groups excluding tert-OH is 1. The fraction of sp³-hybridized carbons (Fsp3) is 0.500. The van der Waals surface area contributed by atoms with Gasteiger partial charge in [-0.3, -0.25) is 0 Å². The van der Waals surface area contributed by atoms with Crippen LogP contribution in [0.2, 0.25) is 0 Å². The number of hydrogen-bond acceptors (Lipinski definition) is 3. The first-order valence-electron chi connectivity index (χ1n) is 5.22. The van der Waals surface area contributed by atoms with Gasteiger partial charge in [-0.05, 0) is 19.4 Å². The highest BCUT2D eigenvalue weighted by molar-refractivity contribution is 5.51. The summed E-state index contributed by atoms with van der Waals surface area (Å²) in [5, 5.41) is 12.5. The van der Waals surface area contributed by atoms with Gasteiger partial charge in [-0.2, -0.15) is 0 Å². The van der Waals surface area contributed by atoms with E-state index in [0.29, 0.717) is 6.04 Å². The van der Waals surface area contributed by atoms with E-state index in [4.69, 9.17) is 9.84 Å². The average molecular weight is 209 g/mol. The molecule has 3 nitrogen and oxygen atoms in total. The van der Waals surface area contributed by atoms with Gasteiger partial charge in [0.2, 0.25) is 0 Å². The molecule has 0 aromatic heterocycles. The standard InChI is InChI=1S/C12H19NO2/c1-10(7-8-15-2)13-12-6-4-3-5-11(12)9-14/h3-6,10,13-14H,7-9H2,1-2H3. The van der Waals surface area contributed by atoms with Crippen molar-refractivity contribution in [1.82, 2.24) is 0 Å². The minimum Gasteiger partial charge on any atom is -0.392 e. The zero-order valence-corrected chi connectivity index (χ0v) is 9.36. The van der Waals surface area contributed by atoms with Crippen molar-refractivity contribution < 1.29 is 9.84 Å². The summed E-state index contributed by atoms with van der Waals surface area (Å²) >= 11 is 0. The van der Waals surface area contributed by atoms with Gasteiger partial charge < -0.3 is 15.2 Å². The second-order valence-corrected chi connectivity index (χ2v) is 3.64. The van der Waals surface area contributed by atoms with Crippen LogP contribution in [0.5, 0.6) is 0 Å². The maximum Gasteiger partial charge on any atom is 0.0701 e. The Morgan fingerprint density at radius 1 is 1.40 bits per heavy atom. The van der Waals surface area contributed by atoms with Crippen LogP contribution < -0.4 is 5.32 Å². The number of ether oxygens (including phenoxy) is 1. The van der Waals surface area contributed by atoms with E-state index in [9.17, 15) is 0 Å². The lowest BCUT2D eigenvalue weighted by molar-refractivity contribution is 0.191. The van der Waals surface area contributed by atoms with Crippen LogP contribution in [-0.2, 0) is 11.3 Å². The Hall–Kier alpha value is -1.06. The van der Waals surface area contributed by atoms with E-state index in [1.54, 1.807) is 7.11 Å². The predicted octanol–water partition coefficient (Wildman–Crippen LogP) is 2.02. The van der Waals surface area contributed by atoms with E-state index in [1.807, 2.05) is 24.3 Å². The molecule has 84 valence electrons. The molecule has 0 aliphatic rings. The van der Waals surface area contributed by atoms with Gasteiger partial charge in [0.1, 0.15) is 0 Å². The SMILES string of the molecule is COCCC(C)Nc1ccccc1CO. The molecule has 0 fully saturated rings. The fourth-order valence-electron chi connectivity index (χ4n) is 1.43. The molecule has 3 heteroatoms. The summed E-state index contributed by atoms with van der Waals surface area (Å²) in [5.41, 5.74) is 1.94. The van der Waals surface area contributed by atoms with Crippen LogP contribution in [0.15, 0.2) is 24.3 Å². The maximum absolute atomic E-state index is 9.14. The van der Waals surface area contributed by atoms with Crippen LogP contribution in [-0.4, -0.2) is 24.9 Å². The predicted molar refractivity (Wildman–Crippen MR) is 61.9 cm³/mol. The molecular formula is C12H19NO2. The van der Waals surface area contributed by atoms with Gasteiger partial charge in [-0.25, -0.2) is 0 Å². The lowest BCUT2D eigenvalue weighted by atomic mass is 10.1. The third kappa shape index (κ3) is 3.90. The number of benzene rings is 1. The van der Waals surface area contributed by atoms with E-state index in [2.05, 4.69) is 12.2 Å². The summed E-state index contributed by atoms with van der Waals surface area (Å²) in [5.74, 6) is 0. The van der Waals surface area contributed by atoms with Crippen LogP contribution in [0.1, 0.15) is 18.9 Å². The minimum atomic E-state index is 0.0696. The van der Waals surface area contributed by atoms with Crippen molar-refractivity contribution in [3.8, 4) is 0 Å². The van der Waals surface area contributed by atoms with Crippen LogP contribution in [0.3, 0.4) is 0 Å². The summed E-state index contributed by atoms with van der Waals surface area (Å²) in [6.07, 6.45) is 0.955.